The highest BCUT2D eigenvalue weighted by molar-refractivity contribution is 5.74. The number of imidazole rings is 1. The molecule has 5 heteroatoms. The van der Waals surface area contributed by atoms with Crippen LogP contribution in [0.1, 0.15) is 17.5 Å². The van der Waals surface area contributed by atoms with Gasteiger partial charge in [-0.2, -0.15) is 0 Å². The Labute approximate surface area is 159 Å². The number of allylic oxidation sites excluding steroid dienone is 1. The smallest absolute Gasteiger partial charge is 0.126 e. The van der Waals surface area contributed by atoms with Crippen LogP contribution in [-0.2, 0) is 13.0 Å². The fourth-order valence-electron chi connectivity index (χ4n) is 3.46. The minimum atomic E-state index is -0.527. The van der Waals surface area contributed by atoms with Crippen LogP contribution in [0, 0.1) is 0 Å². The average molecular weight is 363 g/mol. The normalized spacial score (nSPS) is 13.8. The lowest BCUT2D eigenvalue weighted by molar-refractivity contribution is 0.106. The van der Waals surface area contributed by atoms with Crippen molar-refractivity contribution in [1.82, 2.24) is 14.9 Å². The summed E-state index contributed by atoms with van der Waals surface area (Å²) in [5, 5.41) is 13.5. The molecule has 140 valence electrons. The molecule has 1 unspecified atom stereocenters. The molecule has 1 atom stereocenters. The molecule has 1 aliphatic carbocycles. The summed E-state index contributed by atoms with van der Waals surface area (Å²) < 4.78 is 7.99. The van der Waals surface area contributed by atoms with Crippen LogP contribution in [0.15, 0.2) is 54.9 Å². The number of aliphatic hydroxyl groups is 1. The molecule has 1 heterocycles. The lowest BCUT2D eigenvalue weighted by Crippen LogP contribution is -2.32. The fourth-order valence-corrected chi connectivity index (χ4v) is 3.46. The van der Waals surface area contributed by atoms with Gasteiger partial charge in [-0.25, -0.2) is 4.98 Å². The summed E-state index contributed by atoms with van der Waals surface area (Å²) in [5.41, 5.74) is 4.62. The van der Waals surface area contributed by atoms with Gasteiger partial charge in [0.2, 0.25) is 0 Å². The zero-order chi connectivity index (χ0) is 18.5. The number of ether oxygens (including phenoxy) is 1. The van der Waals surface area contributed by atoms with Crippen LogP contribution >= 0.6 is 0 Å². The third-order valence-corrected chi connectivity index (χ3v) is 4.87. The molecule has 0 saturated carbocycles. The van der Waals surface area contributed by atoms with Crippen molar-refractivity contribution in [3.05, 3.63) is 66.0 Å². The molecule has 1 aromatic heterocycles. The van der Waals surface area contributed by atoms with Crippen LogP contribution < -0.4 is 10.1 Å². The van der Waals surface area contributed by atoms with E-state index in [2.05, 4.69) is 39.2 Å². The molecule has 0 aliphatic heterocycles. The lowest BCUT2D eigenvalue weighted by Gasteiger charge is -2.15. The number of fused-ring (bicyclic) bond motifs is 2. The van der Waals surface area contributed by atoms with Crippen LogP contribution in [0.2, 0.25) is 0 Å². The molecule has 0 bridgehead atoms. The van der Waals surface area contributed by atoms with Gasteiger partial charge in [-0.15, -0.1) is 0 Å². The van der Waals surface area contributed by atoms with Gasteiger partial charge in [-0.3, -0.25) is 0 Å². The van der Waals surface area contributed by atoms with E-state index in [-0.39, 0.29) is 0 Å². The Kier molecular flexibility index (Phi) is 5.51. The van der Waals surface area contributed by atoms with Crippen LogP contribution in [0.25, 0.3) is 17.1 Å². The number of aromatic nitrogens is 2. The van der Waals surface area contributed by atoms with Gasteiger partial charge in [0, 0.05) is 18.7 Å². The SMILES string of the molecule is OC(CNCCCn1cnc2ccccc21)COc1cccc2c1C=CC2. The highest BCUT2D eigenvalue weighted by Gasteiger charge is 2.12. The van der Waals surface area contributed by atoms with Crippen LogP contribution in [0.4, 0.5) is 0 Å². The van der Waals surface area contributed by atoms with Gasteiger partial charge < -0.3 is 19.7 Å². The summed E-state index contributed by atoms with van der Waals surface area (Å²) in [6.45, 7) is 2.56. The first-order valence-corrected chi connectivity index (χ1v) is 9.51. The molecule has 4 rings (SSSR count). The Hall–Kier alpha value is -2.63. The molecule has 27 heavy (non-hydrogen) atoms. The highest BCUT2D eigenvalue weighted by atomic mass is 16.5. The van der Waals surface area contributed by atoms with Crippen molar-refractivity contribution in [3.8, 4) is 5.75 Å². The van der Waals surface area contributed by atoms with E-state index in [4.69, 9.17) is 4.74 Å². The molecule has 5 nitrogen and oxygen atoms in total. The second-order valence-electron chi connectivity index (χ2n) is 6.88. The third kappa shape index (κ3) is 4.21. The maximum atomic E-state index is 10.2. The Morgan fingerprint density at radius 1 is 1.19 bits per heavy atom. The number of rotatable bonds is 9. The molecule has 2 N–H and O–H groups in total. The predicted octanol–water partition coefficient (Wildman–Crippen LogP) is 3.03. The first kappa shape index (κ1) is 17.8. The molecular weight excluding hydrogens is 338 g/mol. The summed E-state index contributed by atoms with van der Waals surface area (Å²) in [7, 11) is 0. The number of nitrogens with zero attached hydrogens (tertiary/aromatic N) is 2. The second-order valence-corrected chi connectivity index (χ2v) is 6.88. The van der Waals surface area contributed by atoms with Gasteiger partial charge >= 0.3 is 0 Å². The average Bonchev–Trinajstić information content (AvgIpc) is 3.33. The Morgan fingerprint density at radius 3 is 3.07 bits per heavy atom. The first-order chi connectivity index (χ1) is 13.3. The number of aryl methyl sites for hydroxylation is 1. The number of hydrogen-bond donors (Lipinski definition) is 2. The van der Waals surface area contributed by atoms with E-state index in [9.17, 15) is 5.11 Å². The van der Waals surface area contributed by atoms with E-state index in [0.717, 1.165) is 48.3 Å². The molecule has 0 fully saturated rings. The first-order valence-electron chi connectivity index (χ1n) is 9.51. The molecule has 0 amide bonds. The Morgan fingerprint density at radius 2 is 2.11 bits per heavy atom. The fraction of sp³-hybridized carbons (Fsp3) is 0.318. The van der Waals surface area contributed by atoms with E-state index in [1.165, 1.54) is 5.56 Å². The summed E-state index contributed by atoms with van der Waals surface area (Å²) >= 11 is 0. The number of para-hydroxylation sites is 2. The van der Waals surface area contributed by atoms with E-state index < -0.39 is 6.10 Å². The summed E-state index contributed by atoms with van der Waals surface area (Å²) in [6, 6.07) is 14.2. The molecule has 0 saturated heterocycles. The summed E-state index contributed by atoms with van der Waals surface area (Å²) in [6.07, 6.45) is 7.53. The molecule has 0 radical (unpaired) electrons. The van der Waals surface area contributed by atoms with Crippen LogP contribution in [0.5, 0.6) is 5.75 Å². The lowest BCUT2D eigenvalue weighted by atomic mass is 10.1. The van der Waals surface area contributed by atoms with Crippen molar-refractivity contribution >= 4 is 17.1 Å². The third-order valence-electron chi connectivity index (χ3n) is 4.87. The van der Waals surface area contributed by atoms with Gasteiger partial charge in [0.1, 0.15) is 18.5 Å². The number of hydrogen-bond acceptors (Lipinski definition) is 4. The van der Waals surface area contributed by atoms with Crippen molar-refractivity contribution < 1.29 is 9.84 Å². The van der Waals surface area contributed by atoms with E-state index in [1.807, 2.05) is 36.7 Å². The van der Waals surface area contributed by atoms with Crippen molar-refractivity contribution in [2.75, 3.05) is 19.7 Å². The Bertz CT molecular complexity index is 932. The minimum Gasteiger partial charge on any atom is -0.490 e. The van der Waals surface area contributed by atoms with E-state index in [1.54, 1.807) is 0 Å². The quantitative estimate of drug-likeness (QED) is 0.574. The topological polar surface area (TPSA) is 59.3 Å². The van der Waals surface area contributed by atoms with E-state index in [0.29, 0.717) is 13.2 Å². The zero-order valence-corrected chi connectivity index (χ0v) is 15.3. The maximum Gasteiger partial charge on any atom is 0.126 e. The van der Waals surface area contributed by atoms with Crippen LogP contribution in [-0.4, -0.2) is 40.5 Å². The van der Waals surface area contributed by atoms with Crippen molar-refractivity contribution in [1.29, 1.82) is 0 Å². The van der Waals surface area contributed by atoms with Gasteiger partial charge in [0.25, 0.3) is 0 Å². The van der Waals surface area contributed by atoms with Gasteiger partial charge in [-0.05, 0) is 43.1 Å². The van der Waals surface area contributed by atoms with Crippen molar-refractivity contribution in [2.45, 2.75) is 25.5 Å². The van der Waals surface area contributed by atoms with Gasteiger partial charge in [0.15, 0.2) is 0 Å². The standard InChI is InChI=1S/C22H25N3O2/c26-18(15-27-22-11-4-7-17-6-3-8-19(17)22)14-23-12-5-13-25-16-24-20-9-1-2-10-21(20)25/h1-4,7-11,16,18,23,26H,5-6,12-15H2. The second kappa shape index (κ2) is 8.37. The number of nitrogens with one attached hydrogen (secondary N) is 1. The summed E-state index contributed by atoms with van der Waals surface area (Å²) in [4.78, 5) is 4.40. The minimum absolute atomic E-state index is 0.295. The molecular formula is C22H25N3O2. The number of aliphatic hydroxyl groups excluding tert-OH is 1. The maximum absolute atomic E-state index is 10.2. The molecule has 0 spiro atoms. The monoisotopic (exact) mass is 363 g/mol. The molecule has 1 aliphatic rings. The van der Waals surface area contributed by atoms with Crippen molar-refractivity contribution in [2.24, 2.45) is 0 Å². The van der Waals surface area contributed by atoms with Gasteiger partial charge in [0.05, 0.1) is 17.4 Å². The molecule has 2 aromatic carbocycles. The van der Waals surface area contributed by atoms with E-state index >= 15 is 0 Å². The zero-order valence-electron chi connectivity index (χ0n) is 15.3. The Balaban J connectivity index is 1.17. The highest BCUT2D eigenvalue weighted by Crippen LogP contribution is 2.28. The van der Waals surface area contributed by atoms with Crippen molar-refractivity contribution in [3.63, 3.8) is 0 Å². The predicted molar refractivity (Wildman–Crippen MR) is 108 cm³/mol. The number of benzene rings is 2. The van der Waals surface area contributed by atoms with Gasteiger partial charge in [-0.1, -0.05) is 36.4 Å². The molecule has 3 aromatic rings. The summed E-state index contributed by atoms with van der Waals surface area (Å²) in [5.74, 6) is 0.854. The largest absolute Gasteiger partial charge is 0.490 e. The van der Waals surface area contributed by atoms with Crippen LogP contribution in [0.3, 0.4) is 0 Å².